The molecule has 1 amide bonds. The van der Waals surface area contributed by atoms with E-state index in [9.17, 15) is 13.2 Å². The molecule has 1 aromatic rings. The van der Waals surface area contributed by atoms with E-state index in [-0.39, 0.29) is 22.3 Å². The Labute approximate surface area is 123 Å². The highest BCUT2D eigenvalue weighted by Crippen LogP contribution is 2.22. The molecule has 0 spiro atoms. The van der Waals surface area contributed by atoms with Crippen molar-refractivity contribution < 1.29 is 17.9 Å². The van der Waals surface area contributed by atoms with Crippen LogP contribution in [0.5, 0.6) is 5.75 Å². The summed E-state index contributed by atoms with van der Waals surface area (Å²) in [5.74, 6) is -0.486. The van der Waals surface area contributed by atoms with Gasteiger partial charge < -0.3 is 15.8 Å². The number of hydrogen-bond donors (Lipinski definition) is 3. The van der Waals surface area contributed by atoms with Crippen molar-refractivity contribution in [3.8, 4) is 5.75 Å². The third-order valence-corrected chi connectivity index (χ3v) is 4.85. The number of amides is 1. The first-order chi connectivity index (χ1) is 9.94. The topological polar surface area (TPSA) is 111 Å². The number of hydrogen-bond acceptors (Lipinski definition) is 5. The van der Waals surface area contributed by atoms with Crippen LogP contribution in [0.3, 0.4) is 0 Å². The second-order valence-corrected chi connectivity index (χ2v) is 6.64. The summed E-state index contributed by atoms with van der Waals surface area (Å²) in [7, 11) is -2.29. The van der Waals surface area contributed by atoms with Gasteiger partial charge in [0.2, 0.25) is 10.0 Å². The van der Waals surface area contributed by atoms with E-state index in [1.807, 2.05) is 0 Å². The highest BCUT2D eigenvalue weighted by Gasteiger charge is 2.21. The van der Waals surface area contributed by atoms with Crippen LogP contribution in [0.15, 0.2) is 23.1 Å². The van der Waals surface area contributed by atoms with Gasteiger partial charge in [-0.15, -0.1) is 0 Å². The first kappa shape index (κ1) is 15.7. The van der Waals surface area contributed by atoms with Gasteiger partial charge in [-0.05, 0) is 37.6 Å². The zero-order chi connectivity index (χ0) is 15.5. The second-order valence-electron chi connectivity index (χ2n) is 4.87. The molecule has 1 aromatic carbocycles. The third kappa shape index (κ3) is 3.72. The molecule has 8 heteroatoms. The molecule has 1 heterocycles. The van der Waals surface area contributed by atoms with Gasteiger partial charge in [-0.3, -0.25) is 4.79 Å². The van der Waals surface area contributed by atoms with Crippen LogP contribution in [-0.4, -0.2) is 40.6 Å². The van der Waals surface area contributed by atoms with E-state index in [2.05, 4.69) is 10.0 Å². The number of rotatable bonds is 6. The zero-order valence-electron chi connectivity index (χ0n) is 11.8. The van der Waals surface area contributed by atoms with Gasteiger partial charge in [0.05, 0.1) is 17.6 Å². The van der Waals surface area contributed by atoms with E-state index in [0.29, 0.717) is 6.54 Å². The molecule has 116 valence electrons. The number of primary amides is 1. The predicted octanol–water partition coefficient (Wildman–Crippen LogP) is -0.176. The van der Waals surface area contributed by atoms with Crippen LogP contribution in [-0.2, 0) is 10.0 Å². The summed E-state index contributed by atoms with van der Waals surface area (Å²) >= 11 is 0. The minimum absolute atomic E-state index is 0.00454. The normalized spacial score (nSPS) is 18.6. The summed E-state index contributed by atoms with van der Waals surface area (Å²) in [4.78, 5) is 11.3. The second kappa shape index (κ2) is 6.42. The number of nitrogens with one attached hydrogen (secondary N) is 2. The van der Waals surface area contributed by atoms with Gasteiger partial charge in [0, 0.05) is 12.6 Å². The van der Waals surface area contributed by atoms with Crippen LogP contribution < -0.4 is 20.5 Å². The Kier molecular flexibility index (Phi) is 4.81. The van der Waals surface area contributed by atoms with Gasteiger partial charge >= 0.3 is 0 Å². The first-order valence-electron chi connectivity index (χ1n) is 6.65. The Hall–Kier alpha value is -1.64. The van der Waals surface area contributed by atoms with Crippen LogP contribution in [0.2, 0.25) is 0 Å². The number of methoxy groups -OCH3 is 1. The van der Waals surface area contributed by atoms with E-state index in [1.165, 1.54) is 25.3 Å². The number of sulfonamides is 1. The molecule has 0 aromatic heterocycles. The van der Waals surface area contributed by atoms with Gasteiger partial charge in [0.15, 0.2) is 0 Å². The van der Waals surface area contributed by atoms with Crippen molar-refractivity contribution in [2.45, 2.75) is 23.8 Å². The lowest BCUT2D eigenvalue weighted by Crippen LogP contribution is -2.37. The molecule has 4 N–H and O–H groups in total. The first-order valence-corrected chi connectivity index (χ1v) is 8.13. The molecule has 1 atom stereocenters. The van der Waals surface area contributed by atoms with Crippen LogP contribution in [0, 0.1) is 0 Å². The number of ether oxygens (including phenoxy) is 1. The molecular weight excluding hydrogens is 294 g/mol. The lowest BCUT2D eigenvalue weighted by atomic mass is 10.2. The van der Waals surface area contributed by atoms with Gasteiger partial charge in [0.1, 0.15) is 5.75 Å². The molecule has 2 rings (SSSR count). The average molecular weight is 313 g/mol. The lowest BCUT2D eigenvalue weighted by molar-refractivity contribution is 0.0997. The molecule has 0 bridgehead atoms. The van der Waals surface area contributed by atoms with E-state index in [4.69, 9.17) is 10.5 Å². The van der Waals surface area contributed by atoms with Crippen molar-refractivity contribution >= 4 is 15.9 Å². The monoisotopic (exact) mass is 313 g/mol. The van der Waals surface area contributed by atoms with Gasteiger partial charge in [0.25, 0.3) is 5.91 Å². The van der Waals surface area contributed by atoms with Crippen LogP contribution in [0.1, 0.15) is 23.2 Å². The summed E-state index contributed by atoms with van der Waals surface area (Å²) in [6, 6.07) is 4.18. The van der Waals surface area contributed by atoms with E-state index >= 15 is 0 Å². The molecule has 7 nitrogen and oxygen atoms in total. The highest BCUT2D eigenvalue weighted by molar-refractivity contribution is 7.89. The summed E-state index contributed by atoms with van der Waals surface area (Å²) < 4.78 is 32.0. The molecule has 21 heavy (non-hydrogen) atoms. The van der Waals surface area contributed by atoms with Gasteiger partial charge in [-0.2, -0.15) is 0 Å². The fraction of sp³-hybridized carbons (Fsp3) is 0.462. The molecule has 0 aliphatic carbocycles. The quantitative estimate of drug-likeness (QED) is 0.675. The minimum Gasteiger partial charge on any atom is -0.496 e. The predicted molar refractivity (Wildman–Crippen MR) is 77.7 cm³/mol. The number of nitrogens with two attached hydrogens (primary N) is 1. The lowest BCUT2D eigenvalue weighted by Gasteiger charge is -2.13. The average Bonchev–Trinajstić information content (AvgIpc) is 2.97. The number of benzene rings is 1. The highest BCUT2D eigenvalue weighted by atomic mass is 32.2. The van der Waals surface area contributed by atoms with E-state index in [1.54, 1.807) is 0 Å². The molecule has 0 radical (unpaired) electrons. The van der Waals surface area contributed by atoms with Crippen LogP contribution in [0.25, 0.3) is 0 Å². The Bertz CT molecular complexity index is 624. The summed E-state index contributed by atoms with van der Waals surface area (Å²) in [6.45, 7) is 1.22. The largest absolute Gasteiger partial charge is 0.496 e. The fourth-order valence-corrected chi connectivity index (χ4v) is 3.38. The molecule has 0 saturated carbocycles. The Morgan fingerprint density at radius 3 is 2.86 bits per heavy atom. The van der Waals surface area contributed by atoms with Crippen molar-refractivity contribution in [2.75, 3.05) is 20.2 Å². The molecule has 1 aliphatic heterocycles. The van der Waals surface area contributed by atoms with Crippen LogP contribution >= 0.6 is 0 Å². The smallest absolute Gasteiger partial charge is 0.252 e. The van der Waals surface area contributed by atoms with Crippen molar-refractivity contribution in [3.63, 3.8) is 0 Å². The maximum Gasteiger partial charge on any atom is 0.252 e. The molecule has 1 saturated heterocycles. The summed E-state index contributed by atoms with van der Waals surface area (Å²) in [5.41, 5.74) is 5.27. The van der Waals surface area contributed by atoms with Gasteiger partial charge in [-0.25, -0.2) is 13.1 Å². The minimum atomic E-state index is -3.68. The Morgan fingerprint density at radius 2 is 2.29 bits per heavy atom. The molecule has 1 aliphatic rings. The standard InChI is InChI=1S/C13H19N3O4S/c1-20-12-5-4-10(7-11(12)13(14)17)21(18,19)16-8-9-3-2-6-15-9/h4-5,7,9,15-16H,2-3,6,8H2,1H3,(H2,14,17). The Morgan fingerprint density at radius 1 is 1.52 bits per heavy atom. The molecule has 1 unspecified atom stereocenters. The van der Waals surface area contributed by atoms with Crippen molar-refractivity contribution in [1.82, 2.24) is 10.0 Å². The molecular formula is C13H19N3O4S. The SMILES string of the molecule is COc1ccc(S(=O)(=O)NCC2CCCN2)cc1C(N)=O. The van der Waals surface area contributed by atoms with Gasteiger partial charge in [-0.1, -0.05) is 0 Å². The zero-order valence-corrected chi connectivity index (χ0v) is 12.6. The van der Waals surface area contributed by atoms with Crippen molar-refractivity contribution in [2.24, 2.45) is 5.73 Å². The van der Waals surface area contributed by atoms with Crippen molar-refractivity contribution in [1.29, 1.82) is 0 Å². The number of carbonyl (C=O) groups excluding carboxylic acids is 1. The molecule has 1 fully saturated rings. The Balaban J connectivity index is 2.18. The maximum absolute atomic E-state index is 12.2. The fourth-order valence-electron chi connectivity index (χ4n) is 2.27. The van der Waals surface area contributed by atoms with Crippen molar-refractivity contribution in [3.05, 3.63) is 23.8 Å². The van der Waals surface area contributed by atoms with Crippen LogP contribution in [0.4, 0.5) is 0 Å². The number of carbonyl (C=O) groups is 1. The van der Waals surface area contributed by atoms with E-state index < -0.39 is 15.9 Å². The maximum atomic E-state index is 12.2. The van der Waals surface area contributed by atoms with E-state index in [0.717, 1.165) is 19.4 Å². The summed E-state index contributed by atoms with van der Waals surface area (Å²) in [5, 5.41) is 3.21. The summed E-state index contributed by atoms with van der Waals surface area (Å²) in [6.07, 6.45) is 1.98. The third-order valence-electron chi connectivity index (χ3n) is 3.43.